The van der Waals surface area contributed by atoms with E-state index in [2.05, 4.69) is 50.4 Å². The molecular formula is C23H33NO3. The molecule has 0 radical (unpaired) electrons. The topological polar surface area (TPSA) is 47.6 Å². The number of amides is 1. The van der Waals surface area contributed by atoms with Gasteiger partial charge in [0.1, 0.15) is 0 Å². The zero-order valence-electron chi connectivity index (χ0n) is 17.1. The highest BCUT2D eigenvalue weighted by atomic mass is 16.5. The number of hydrogen-bond acceptors (Lipinski definition) is 3. The third-order valence-corrected chi connectivity index (χ3v) is 7.71. The van der Waals surface area contributed by atoms with Crippen LogP contribution in [0.5, 0.6) is 0 Å². The van der Waals surface area contributed by atoms with Gasteiger partial charge in [0.25, 0.3) is 0 Å². The van der Waals surface area contributed by atoms with Crippen LogP contribution in [0.4, 0.5) is 0 Å². The average molecular weight is 372 g/mol. The van der Waals surface area contributed by atoms with Gasteiger partial charge in [0.2, 0.25) is 5.91 Å². The maximum atomic E-state index is 12.6. The maximum absolute atomic E-state index is 12.6. The number of benzene rings is 1. The van der Waals surface area contributed by atoms with Crippen LogP contribution in [-0.2, 0) is 14.3 Å². The summed E-state index contributed by atoms with van der Waals surface area (Å²) in [6.45, 7) is 8.10. The summed E-state index contributed by atoms with van der Waals surface area (Å²) in [5, 5.41) is 3.43. The fourth-order valence-corrected chi connectivity index (χ4v) is 6.39. The van der Waals surface area contributed by atoms with Crippen LogP contribution in [0.1, 0.15) is 56.8 Å². The Morgan fingerprint density at radius 3 is 2.93 bits per heavy atom. The van der Waals surface area contributed by atoms with E-state index in [0.717, 1.165) is 13.0 Å². The molecule has 1 aromatic rings. The molecule has 1 aromatic carbocycles. The summed E-state index contributed by atoms with van der Waals surface area (Å²) in [4.78, 5) is 12.6. The zero-order chi connectivity index (χ0) is 19.2. The lowest BCUT2D eigenvalue weighted by Crippen LogP contribution is -2.59. The molecule has 1 heterocycles. The van der Waals surface area contributed by atoms with E-state index in [-0.39, 0.29) is 28.9 Å². The predicted molar refractivity (Wildman–Crippen MR) is 105 cm³/mol. The van der Waals surface area contributed by atoms with Crippen LogP contribution in [-0.4, -0.2) is 32.3 Å². The molecule has 0 aromatic heterocycles. The lowest BCUT2D eigenvalue weighted by atomic mass is 9.58. The van der Waals surface area contributed by atoms with E-state index in [1.54, 1.807) is 7.11 Å². The van der Waals surface area contributed by atoms with E-state index in [9.17, 15) is 4.79 Å². The summed E-state index contributed by atoms with van der Waals surface area (Å²) in [5.74, 6) is 1.25. The number of rotatable bonds is 5. The monoisotopic (exact) mass is 371 g/mol. The number of hydrogen-bond donors (Lipinski definition) is 1. The summed E-state index contributed by atoms with van der Waals surface area (Å²) in [5.41, 5.74) is 2.87. The van der Waals surface area contributed by atoms with E-state index in [1.807, 2.05) is 0 Å². The smallest absolute Gasteiger partial charge is 0.222 e. The minimum Gasteiger partial charge on any atom is -0.384 e. The predicted octanol–water partition coefficient (Wildman–Crippen LogP) is 4.03. The Bertz CT molecular complexity index is 715. The molecule has 2 aliphatic carbocycles. The summed E-state index contributed by atoms with van der Waals surface area (Å²) in [6, 6.07) is 8.98. The molecule has 4 nitrogen and oxygen atoms in total. The SMILES string of the molecule is COCCC(=O)N[C@@H]1C(C)(C)[C@@H]2C[C@@H]3[C@@H](c4cccc(C)c4)OCC[C@@]31C2. The first kappa shape index (κ1) is 18.9. The van der Waals surface area contributed by atoms with Crippen molar-refractivity contribution in [2.24, 2.45) is 22.7 Å². The normalized spacial score (nSPS) is 36.4. The first-order chi connectivity index (χ1) is 12.9. The third-order valence-electron chi connectivity index (χ3n) is 7.71. The van der Waals surface area contributed by atoms with Crippen molar-refractivity contribution in [2.45, 2.75) is 58.6 Å². The molecule has 148 valence electrons. The molecule has 0 unspecified atom stereocenters. The average Bonchev–Trinajstić information content (AvgIpc) is 3.12. The van der Waals surface area contributed by atoms with E-state index < -0.39 is 0 Å². The fraction of sp³-hybridized carbons (Fsp3) is 0.696. The number of fused-ring (bicyclic) bond motifs is 1. The quantitative estimate of drug-likeness (QED) is 0.850. The molecule has 4 rings (SSSR count). The van der Waals surface area contributed by atoms with Gasteiger partial charge in [0.05, 0.1) is 12.7 Å². The van der Waals surface area contributed by atoms with Crippen LogP contribution in [0, 0.1) is 29.6 Å². The van der Waals surface area contributed by atoms with Gasteiger partial charge in [-0.3, -0.25) is 4.79 Å². The Balaban J connectivity index is 1.63. The number of nitrogens with one attached hydrogen (secondary N) is 1. The maximum Gasteiger partial charge on any atom is 0.222 e. The minimum atomic E-state index is 0.120. The van der Waals surface area contributed by atoms with E-state index in [4.69, 9.17) is 9.47 Å². The highest BCUT2D eigenvalue weighted by molar-refractivity contribution is 5.76. The Kier molecular flexibility index (Phi) is 4.84. The van der Waals surface area contributed by atoms with E-state index in [1.165, 1.54) is 24.0 Å². The molecule has 1 amide bonds. The van der Waals surface area contributed by atoms with Crippen molar-refractivity contribution in [3.8, 4) is 0 Å². The van der Waals surface area contributed by atoms with Gasteiger partial charge in [-0.1, -0.05) is 43.7 Å². The number of carbonyl (C=O) groups is 1. The van der Waals surface area contributed by atoms with Gasteiger partial charge in [-0.15, -0.1) is 0 Å². The molecule has 4 heteroatoms. The second kappa shape index (κ2) is 6.89. The number of methoxy groups -OCH3 is 1. The number of aryl methyl sites for hydroxylation is 1. The van der Waals surface area contributed by atoms with Crippen LogP contribution >= 0.6 is 0 Å². The first-order valence-corrected chi connectivity index (χ1v) is 10.3. The summed E-state index contributed by atoms with van der Waals surface area (Å²) in [6.07, 6.45) is 4.06. The number of ether oxygens (including phenoxy) is 2. The molecule has 27 heavy (non-hydrogen) atoms. The second-order valence-electron chi connectivity index (χ2n) is 9.50. The number of carbonyl (C=O) groups excluding carboxylic acids is 1. The second-order valence-corrected chi connectivity index (χ2v) is 9.50. The molecule has 1 spiro atoms. The van der Waals surface area contributed by atoms with Gasteiger partial charge in [-0.05, 0) is 54.4 Å². The molecule has 1 aliphatic heterocycles. The van der Waals surface area contributed by atoms with Gasteiger partial charge in [0.15, 0.2) is 0 Å². The molecular weight excluding hydrogens is 338 g/mol. The van der Waals surface area contributed by atoms with Crippen molar-refractivity contribution in [3.05, 3.63) is 35.4 Å². The van der Waals surface area contributed by atoms with Gasteiger partial charge in [0, 0.05) is 26.2 Å². The van der Waals surface area contributed by atoms with E-state index in [0.29, 0.717) is 24.9 Å². The highest BCUT2D eigenvalue weighted by Gasteiger charge is 2.68. The van der Waals surface area contributed by atoms with Crippen LogP contribution in [0.25, 0.3) is 0 Å². The van der Waals surface area contributed by atoms with E-state index >= 15 is 0 Å². The van der Waals surface area contributed by atoms with Crippen molar-refractivity contribution >= 4 is 5.91 Å². The van der Waals surface area contributed by atoms with Crippen LogP contribution in [0.2, 0.25) is 0 Å². The Hall–Kier alpha value is -1.39. The fourth-order valence-electron chi connectivity index (χ4n) is 6.39. The Morgan fingerprint density at radius 1 is 1.37 bits per heavy atom. The molecule has 5 atom stereocenters. The van der Waals surface area contributed by atoms with Crippen molar-refractivity contribution < 1.29 is 14.3 Å². The van der Waals surface area contributed by atoms with Gasteiger partial charge in [-0.2, -0.15) is 0 Å². The lowest BCUT2D eigenvalue weighted by molar-refractivity contribution is -0.137. The molecule has 2 bridgehead atoms. The molecule has 1 saturated heterocycles. The van der Waals surface area contributed by atoms with Crippen molar-refractivity contribution in [2.75, 3.05) is 20.3 Å². The summed E-state index contributed by atoms with van der Waals surface area (Å²) < 4.78 is 11.4. The Labute approximate surface area is 163 Å². The van der Waals surface area contributed by atoms with Crippen molar-refractivity contribution in [1.82, 2.24) is 5.32 Å². The standard InChI is InChI=1S/C23H33NO3/c1-15-6-5-7-16(12-15)20-18-13-17-14-23(18,9-11-27-20)21(22(17,2)3)24-19(25)8-10-26-4/h5-7,12,17-18,20-21H,8-11,13-14H2,1-4H3,(H,24,25)/t17-,18-,20-,21-,23-/m1/s1. The molecule has 1 N–H and O–H groups in total. The molecule has 3 fully saturated rings. The first-order valence-electron chi connectivity index (χ1n) is 10.3. The highest BCUT2D eigenvalue weighted by Crippen LogP contribution is 2.70. The van der Waals surface area contributed by atoms with Gasteiger partial charge in [-0.25, -0.2) is 0 Å². The minimum absolute atomic E-state index is 0.120. The molecule has 3 aliphatic rings. The van der Waals surface area contributed by atoms with Crippen LogP contribution in [0.15, 0.2) is 24.3 Å². The van der Waals surface area contributed by atoms with Crippen molar-refractivity contribution in [1.29, 1.82) is 0 Å². The van der Waals surface area contributed by atoms with Crippen LogP contribution in [0.3, 0.4) is 0 Å². The van der Waals surface area contributed by atoms with Crippen LogP contribution < -0.4 is 5.32 Å². The Morgan fingerprint density at radius 2 is 2.19 bits per heavy atom. The van der Waals surface area contributed by atoms with Gasteiger partial charge >= 0.3 is 0 Å². The molecule has 2 saturated carbocycles. The largest absolute Gasteiger partial charge is 0.384 e. The summed E-state index contributed by atoms with van der Waals surface area (Å²) in [7, 11) is 1.65. The summed E-state index contributed by atoms with van der Waals surface area (Å²) >= 11 is 0. The zero-order valence-corrected chi connectivity index (χ0v) is 17.1. The van der Waals surface area contributed by atoms with Crippen molar-refractivity contribution in [3.63, 3.8) is 0 Å². The third kappa shape index (κ3) is 3.01. The lowest BCUT2D eigenvalue weighted by Gasteiger charge is -2.53. The van der Waals surface area contributed by atoms with Gasteiger partial charge < -0.3 is 14.8 Å².